The number of nitrogen functional groups attached to an aromatic ring is 1. The molecule has 102 valence electrons. The molecule has 6 nitrogen and oxygen atoms in total. The molecule has 1 saturated heterocycles. The van der Waals surface area contributed by atoms with Gasteiger partial charge in [-0.25, -0.2) is 4.98 Å². The predicted octanol–water partition coefficient (Wildman–Crippen LogP) is 1.80. The minimum Gasteiger partial charge on any atom is -0.375 e. The summed E-state index contributed by atoms with van der Waals surface area (Å²) in [4.78, 5) is 12.1. The van der Waals surface area contributed by atoms with Crippen LogP contribution < -0.4 is 5.73 Å². The quantitative estimate of drug-likeness (QED) is 0.922. The first-order valence-electron chi connectivity index (χ1n) is 6.43. The lowest BCUT2D eigenvalue weighted by Crippen LogP contribution is -2.32. The fourth-order valence-electron chi connectivity index (χ4n) is 2.43. The van der Waals surface area contributed by atoms with Crippen molar-refractivity contribution in [3.63, 3.8) is 0 Å². The summed E-state index contributed by atoms with van der Waals surface area (Å²) in [5, 5.41) is 4.51. The maximum absolute atomic E-state index is 5.65. The number of aromatic nitrogens is 3. The van der Waals surface area contributed by atoms with E-state index < -0.39 is 0 Å². The SMILES string of the molecule is Cc1noc(C2CCN(Cc3cnc(N)s3)CC2)n1. The highest BCUT2D eigenvalue weighted by Gasteiger charge is 2.25. The van der Waals surface area contributed by atoms with Crippen molar-refractivity contribution in [3.05, 3.63) is 22.8 Å². The molecule has 3 rings (SSSR count). The Kier molecular flexibility index (Phi) is 3.48. The molecule has 2 N–H and O–H groups in total. The van der Waals surface area contributed by atoms with E-state index in [1.807, 2.05) is 13.1 Å². The first-order chi connectivity index (χ1) is 9.20. The second-order valence-corrected chi connectivity index (χ2v) is 6.04. The number of hydrogen-bond acceptors (Lipinski definition) is 7. The summed E-state index contributed by atoms with van der Waals surface area (Å²) >= 11 is 1.57. The van der Waals surface area contributed by atoms with Gasteiger partial charge in [0, 0.05) is 23.5 Å². The Labute approximate surface area is 115 Å². The molecule has 0 aliphatic carbocycles. The summed E-state index contributed by atoms with van der Waals surface area (Å²) in [6.45, 7) is 4.88. The van der Waals surface area contributed by atoms with Crippen LogP contribution in [0.25, 0.3) is 0 Å². The molecule has 3 heterocycles. The van der Waals surface area contributed by atoms with Gasteiger partial charge in [-0.2, -0.15) is 4.98 Å². The van der Waals surface area contributed by atoms with Crippen LogP contribution in [0, 0.1) is 6.92 Å². The molecular formula is C12H17N5OS. The zero-order chi connectivity index (χ0) is 13.2. The third kappa shape index (κ3) is 2.93. The van der Waals surface area contributed by atoms with E-state index in [0.717, 1.165) is 44.2 Å². The van der Waals surface area contributed by atoms with Crippen molar-refractivity contribution in [2.75, 3.05) is 18.8 Å². The summed E-state index contributed by atoms with van der Waals surface area (Å²) in [5.41, 5.74) is 5.65. The number of thiazole rings is 1. The van der Waals surface area contributed by atoms with E-state index >= 15 is 0 Å². The van der Waals surface area contributed by atoms with Gasteiger partial charge in [0.15, 0.2) is 11.0 Å². The lowest BCUT2D eigenvalue weighted by atomic mass is 9.97. The Balaban J connectivity index is 1.54. The second-order valence-electron chi connectivity index (χ2n) is 4.90. The molecule has 19 heavy (non-hydrogen) atoms. The monoisotopic (exact) mass is 279 g/mol. The van der Waals surface area contributed by atoms with Crippen LogP contribution in [0.3, 0.4) is 0 Å². The maximum atomic E-state index is 5.65. The number of nitrogens with two attached hydrogens (primary N) is 1. The third-order valence-corrected chi connectivity index (χ3v) is 4.24. The van der Waals surface area contributed by atoms with Gasteiger partial charge in [0.05, 0.1) is 0 Å². The van der Waals surface area contributed by atoms with Crippen LogP contribution in [0.1, 0.15) is 35.4 Å². The molecular weight excluding hydrogens is 262 g/mol. The van der Waals surface area contributed by atoms with E-state index in [4.69, 9.17) is 10.3 Å². The largest absolute Gasteiger partial charge is 0.375 e. The number of rotatable bonds is 3. The Morgan fingerprint density at radius 2 is 2.26 bits per heavy atom. The molecule has 1 aliphatic heterocycles. The smallest absolute Gasteiger partial charge is 0.229 e. The normalized spacial score (nSPS) is 17.9. The molecule has 0 radical (unpaired) electrons. The maximum Gasteiger partial charge on any atom is 0.229 e. The van der Waals surface area contributed by atoms with Gasteiger partial charge in [0.2, 0.25) is 5.89 Å². The van der Waals surface area contributed by atoms with Crippen LogP contribution >= 0.6 is 11.3 Å². The second kappa shape index (κ2) is 5.26. The Morgan fingerprint density at radius 3 is 2.84 bits per heavy atom. The van der Waals surface area contributed by atoms with Gasteiger partial charge >= 0.3 is 0 Å². The molecule has 0 bridgehead atoms. The van der Waals surface area contributed by atoms with Gasteiger partial charge in [-0.1, -0.05) is 5.16 Å². The summed E-state index contributed by atoms with van der Waals surface area (Å²) in [5.74, 6) is 1.92. The van der Waals surface area contributed by atoms with Gasteiger partial charge in [0.1, 0.15) is 0 Å². The number of aryl methyl sites for hydroxylation is 1. The fourth-order valence-corrected chi connectivity index (χ4v) is 3.16. The summed E-state index contributed by atoms with van der Waals surface area (Å²) in [7, 11) is 0. The molecule has 1 aliphatic rings. The lowest BCUT2D eigenvalue weighted by Gasteiger charge is -2.29. The molecule has 2 aromatic heterocycles. The number of likely N-dealkylation sites (tertiary alicyclic amines) is 1. The minimum atomic E-state index is 0.406. The van der Waals surface area contributed by atoms with Crippen LogP contribution in [0.5, 0.6) is 0 Å². The highest BCUT2D eigenvalue weighted by Crippen LogP contribution is 2.28. The molecule has 7 heteroatoms. The highest BCUT2D eigenvalue weighted by molar-refractivity contribution is 7.15. The minimum absolute atomic E-state index is 0.406. The molecule has 0 spiro atoms. The van der Waals surface area contributed by atoms with Crippen molar-refractivity contribution in [1.82, 2.24) is 20.0 Å². The molecule has 0 amide bonds. The van der Waals surface area contributed by atoms with Gasteiger partial charge in [-0.05, 0) is 32.9 Å². The Morgan fingerprint density at radius 1 is 1.47 bits per heavy atom. The summed E-state index contributed by atoms with van der Waals surface area (Å²) in [6.07, 6.45) is 4.00. The van der Waals surface area contributed by atoms with E-state index in [1.165, 1.54) is 4.88 Å². The molecule has 2 aromatic rings. The van der Waals surface area contributed by atoms with E-state index in [0.29, 0.717) is 11.0 Å². The fraction of sp³-hybridized carbons (Fsp3) is 0.583. The first-order valence-corrected chi connectivity index (χ1v) is 7.25. The van der Waals surface area contributed by atoms with Crippen molar-refractivity contribution in [1.29, 1.82) is 0 Å². The molecule has 0 saturated carbocycles. The van der Waals surface area contributed by atoms with E-state index in [1.54, 1.807) is 11.3 Å². The number of hydrogen-bond donors (Lipinski definition) is 1. The van der Waals surface area contributed by atoms with Crippen molar-refractivity contribution < 1.29 is 4.52 Å². The van der Waals surface area contributed by atoms with Gasteiger partial charge < -0.3 is 10.3 Å². The van der Waals surface area contributed by atoms with E-state index in [2.05, 4.69) is 20.0 Å². The zero-order valence-electron chi connectivity index (χ0n) is 10.9. The van der Waals surface area contributed by atoms with Gasteiger partial charge in [0.25, 0.3) is 0 Å². The van der Waals surface area contributed by atoms with Crippen molar-refractivity contribution >= 4 is 16.5 Å². The first kappa shape index (κ1) is 12.6. The van der Waals surface area contributed by atoms with Crippen LogP contribution in [-0.2, 0) is 6.54 Å². The topological polar surface area (TPSA) is 81.1 Å². The number of anilines is 1. The average molecular weight is 279 g/mol. The van der Waals surface area contributed by atoms with Crippen molar-refractivity contribution in [2.45, 2.75) is 32.2 Å². The molecule has 0 aromatic carbocycles. The molecule has 0 unspecified atom stereocenters. The highest BCUT2D eigenvalue weighted by atomic mass is 32.1. The van der Waals surface area contributed by atoms with Crippen LogP contribution in [0.2, 0.25) is 0 Å². The predicted molar refractivity (Wildman–Crippen MR) is 72.8 cm³/mol. The number of piperidine rings is 1. The standard InChI is InChI=1S/C12H17N5OS/c1-8-15-11(18-16-8)9-2-4-17(5-3-9)7-10-6-14-12(13)19-10/h6,9H,2-5,7H2,1H3,(H2,13,14). The van der Waals surface area contributed by atoms with Gasteiger partial charge in [-0.3, -0.25) is 4.90 Å². The molecule has 1 fully saturated rings. The Hall–Kier alpha value is -1.47. The average Bonchev–Trinajstić information content (AvgIpc) is 3.00. The lowest BCUT2D eigenvalue weighted by molar-refractivity contribution is 0.189. The van der Waals surface area contributed by atoms with E-state index in [-0.39, 0.29) is 0 Å². The van der Waals surface area contributed by atoms with Crippen molar-refractivity contribution in [2.24, 2.45) is 0 Å². The summed E-state index contributed by atoms with van der Waals surface area (Å²) in [6, 6.07) is 0. The van der Waals surface area contributed by atoms with Crippen LogP contribution in [0.15, 0.2) is 10.7 Å². The van der Waals surface area contributed by atoms with Crippen molar-refractivity contribution in [3.8, 4) is 0 Å². The van der Waals surface area contributed by atoms with Crippen LogP contribution in [0.4, 0.5) is 5.13 Å². The van der Waals surface area contributed by atoms with Gasteiger partial charge in [-0.15, -0.1) is 11.3 Å². The third-order valence-electron chi connectivity index (χ3n) is 3.43. The van der Waals surface area contributed by atoms with Crippen LogP contribution in [-0.4, -0.2) is 33.1 Å². The number of nitrogens with zero attached hydrogens (tertiary/aromatic N) is 4. The summed E-state index contributed by atoms with van der Waals surface area (Å²) < 4.78 is 5.26. The Bertz CT molecular complexity index is 544. The van der Waals surface area contributed by atoms with E-state index in [9.17, 15) is 0 Å². The zero-order valence-corrected chi connectivity index (χ0v) is 11.7. The molecule has 0 atom stereocenters.